The van der Waals surface area contributed by atoms with E-state index in [-0.39, 0.29) is 18.5 Å². The van der Waals surface area contributed by atoms with E-state index in [0.717, 1.165) is 11.1 Å². The fraction of sp³-hybridized carbons (Fsp3) is 0.174. The summed E-state index contributed by atoms with van der Waals surface area (Å²) in [4.78, 5) is 23.5. The minimum atomic E-state index is -0.381. The number of hydrazone groups is 1. The maximum absolute atomic E-state index is 11.8. The minimum absolute atomic E-state index is 0.142. The van der Waals surface area contributed by atoms with E-state index < -0.39 is 0 Å². The molecule has 7 heteroatoms. The number of rotatable bonds is 8. The van der Waals surface area contributed by atoms with Crippen LogP contribution in [0.5, 0.6) is 5.75 Å². The molecule has 0 unspecified atom stereocenters. The molecule has 3 aromatic rings. The second-order valence-corrected chi connectivity index (χ2v) is 6.39. The number of nitrogens with zero attached hydrogens (tertiary/aromatic N) is 1. The third-order valence-electron chi connectivity index (χ3n) is 4.08. The van der Waals surface area contributed by atoms with E-state index in [1.165, 1.54) is 6.21 Å². The van der Waals surface area contributed by atoms with Gasteiger partial charge in [0.1, 0.15) is 17.3 Å². The van der Waals surface area contributed by atoms with Gasteiger partial charge in [0.2, 0.25) is 0 Å². The Hall–Kier alpha value is -3.87. The number of hydrogen-bond acceptors (Lipinski definition) is 6. The molecule has 0 saturated heterocycles. The van der Waals surface area contributed by atoms with Crippen molar-refractivity contribution in [3.8, 4) is 17.1 Å². The summed E-state index contributed by atoms with van der Waals surface area (Å²) in [6.07, 6.45) is 1.40. The Balaban J connectivity index is 1.51. The molecular formula is C23H22N2O5. The second-order valence-electron chi connectivity index (χ2n) is 6.39. The minimum Gasteiger partial charge on any atom is -0.484 e. The first-order valence-electron chi connectivity index (χ1n) is 9.44. The summed E-state index contributed by atoms with van der Waals surface area (Å²) in [5.74, 6) is 0.955. The number of furan rings is 1. The maximum Gasteiger partial charge on any atom is 0.338 e. The summed E-state index contributed by atoms with van der Waals surface area (Å²) in [7, 11) is 0. The van der Waals surface area contributed by atoms with Crippen LogP contribution >= 0.6 is 0 Å². The van der Waals surface area contributed by atoms with Gasteiger partial charge in [-0.3, -0.25) is 4.79 Å². The van der Waals surface area contributed by atoms with Crippen LogP contribution in [-0.2, 0) is 9.53 Å². The summed E-state index contributed by atoms with van der Waals surface area (Å²) in [6.45, 7) is 3.92. The highest BCUT2D eigenvalue weighted by Crippen LogP contribution is 2.22. The zero-order valence-corrected chi connectivity index (χ0v) is 16.8. The van der Waals surface area contributed by atoms with Crippen molar-refractivity contribution in [2.45, 2.75) is 13.8 Å². The lowest BCUT2D eigenvalue weighted by molar-refractivity contribution is -0.123. The van der Waals surface area contributed by atoms with Gasteiger partial charge in [0.25, 0.3) is 5.91 Å². The standard InChI is InChI=1S/C23H22N2O5/c1-3-28-23(27)18-8-6-17(7-9-18)21-13-12-20(30-21)14-24-25-22(26)15-29-19-10-4-16(2)5-11-19/h4-14H,3,15H2,1-2H3,(H,25,26)/b24-14-. The molecule has 3 rings (SSSR count). The first kappa shape index (κ1) is 20.9. The SMILES string of the molecule is CCOC(=O)c1ccc(-c2ccc(/C=N\NC(=O)COc3ccc(C)cc3)o2)cc1. The molecule has 1 heterocycles. The third kappa shape index (κ3) is 5.81. The van der Waals surface area contributed by atoms with Gasteiger partial charge in [0.15, 0.2) is 6.61 Å². The fourth-order valence-electron chi connectivity index (χ4n) is 2.55. The molecule has 0 aliphatic rings. The molecule has 0 aliphatic heterocycles. The van der Waals surface area contributed by atoms with Gasteiger partial charge in [-0.05, 0) is 50.2 Å². The topological polar surface area (TPSA) is 90.1 Å². The van der Waals surface area contributed by atoms with Crippen molar-refractivity contribution < 1.29 is 23.5 Å². The smallest absolute Gasteiger partial charge is 0.338 e. The van der Waals surface area contributed by atoms with Gasteiger partial charge in [-0.2, -0.15) is 5.10 Å². The molecule has 2 aromatic carbocycles. The zero-order valence-electron chi connectivity index (χ0n) is 16.8. The number of benzene rings is 2. The Morgan fingerprint density at radius 3 is 2.47 bits per heavy atom. The predicted molar refractivity (Wildman–Crippen MR) is 113 cm³/mol. The number of ether oxygens (including phenoxy) is 2. The van der Waals surface area contributed by atoms with Crippen LogP contribution in [0.3, 0.4) is 0 Å². The average Bonchev–Trinajstić information content (AvgIpc) is 3.22. The predicted octanol–water partition coefficient (Wildman–Crippen LogP) is 3.96. The van der Waals surface area contributed by atoms with Crippen LogP contribution in [0.2, 0.25) is 0 Å². The quantitative estimate of drug-likeness (QED) is 0.347. The number of nitrogens with one attached hydrogen (secondary N) is 1. The van der Waals surface area contributed by atoms with E-state index in [0.29, 0.717) is 29.4 Å². The van der Waals surface area contributed by atoms with Gasteiger partial charge in [-0.25, -0.2) is 10.2 Å². The molecular weight excluding hydrogens is 384 g/mol. The Morgan fingerprint density at radius 1 is 1.03 bits per heavy atom. The molecule has 0 radical (unpaired) electrons. The highest BCUT2D eigenvalue weighted by Gasteiger charge is 2.08. The van der Waals surface area contributed by atoms with Crippen LogP contribution < -0.4 is 10.2 Å². The van der Waals surface area contributed by atoms with E-state index in [4.69, 9.17) is 13.9 Å². The maximum atomic E-state index is 11.8. The number of aryl methyl sites for hydroxylation is 1. The van der Waals surface area contributed by atoms with Crippen LogP contribution in [0.1, 0.15) is 28.6 Å². The molecule has 0 aliphatic carbocycles. The number of amides is 1. The van der Waals surface area contributed by atoms with Gasteiger partial charge >= 0.3 is 5.97 Å². The van der Waals surface area contributed by atoms with E-state index >= 15 is 0 Å². The Kier molecular flexibility index (Phi) is 7.00. The summed E-state index contributed by atoms with van der Waals surface area (Å²) in [6, 6.07) is 17.8. The largest absolute Gasteiger partial charge is 0.484 e. The highest BCUT2D eigenvalue weighted by atomic mass is 16.5. The first-order chi connectivity index (χ1) is 14.5. The van der Waals surface area contributed by atoms with Crippen LogP contribution in [-0.4, -0.2) is 31.3 Å². The molecule has 0 atom stereocenters. The van der Waals surface area contributed by atoms with Crippen LogP contribution in [0.4, 0.5) is 0 Å². The Morgan fingerprint density at radius 2 is 1.77 bits per heavy atom. The van der Waals surface area contributed by atoms with Crippen LogP contribution in [0, 0.1) is 6.92 Å². The van der Waals surface area contributed by atoms with E-state index in [1.807, 2.05) is 19.1 Å². The summed E-state index contributed by atoms with van der Waals surface area (Å²) in [5, 5.41) is 3.87. The molecule has 30 heavy (non-hydrogen) atoms. The molecule has 0 bridgehead atoms. The molecule has 154 valence electrons. The van der Waals surface area contributed by atoms with Crippen LogP contribution in [0.25, 0.3) is 11.3 Å². The van der Waals surface area contributed by atoms with Crippen LogP contribution in [0.15, 0.2) is 70.2 Å². The summed E-state index contributed by atoms with van der Waals surface area (Å²) < 4.78 is 16.0. The third-order valence-corrected chi connectivity index (χ3v) is 4.08. The normalized spacial score (nSPS) is 10.7. The van der Waals surface area contributed by atoms with Crippen molar-refractivity contribution in [1.29, 1.82) is 0 Å². The van der Waals surface area contributed by atoms with Gasteiger partial charge in [-0.15, -0.1) is 0 Å². The van der Waals surface area contributed by atoms with Crippen molar-refractivity contribution in [2.24, 2.45) is 5.10 Å². The van der Waals surface area contributed by atoms with Gasteiger partial charge in [0.05, 0.1) is 18.4 Å². The van der Waals surface area contributed by atoms with Crippen molar-refractivity contribution in [3.05, 3.63) is 77.6 Å². The van der Waals surface area contributed by atoms with Crippen molar-refractivity contribution in [3.63, 3.8) is 0 Å². The number of carbonyl (C=O) groups excluding carboxylic acids is 2. The molecule has 1 amide bonds. The van der Waals surface area contributed by atoms with Gasteiger partial charge in [0, 0.05) is 5.56 Å². The highest BCUT2D eigenvalue weighted by molar-refractivity contribution is 5.90. The molecule has 7 nitrogen and oxygen atoms in total. The number of esters is 1. The number of carbonyl (C=O) groups is 2. The van der Waals surface area contributed by atoms with E-state index in [1.54, 1.807) is 55.5 Å². The van der Waals surface area contributed by atoms with E-state index in [9.17, 15) is 9.59 Å². The summed E-state index contributed by atoms with van der Waals surface area (Å²) in [5.41, 5.74) is 4.78. The summed E-state index contributed by atoms with van der Waals surface area (Å²) >= 11 is 0. The molecule has 1 N–H and O–H groups in total. The lowest BCUT2D eigenvalue weighted by atomic mass is 10.1. The lowest BCUT2D eigenvalue weighted by Crippen LogP contribution is -2.24. The molecule has 0 spiro atoms. The van der Waals surface area contributed by atoms with Crippen molar-refractivity contribution >= 4 is 18.1 Å². The molecule has 0 saturated carbocycles. The Labute approximate surface area is 174 Å². The average molecular weight is 406 g/mol. The van der Waals surface area contributed by atoms with E-state index in [2.05, 4.69) is 10.5 Å². The Bertz CT molecular complexity index is 1020. The monoisotopic (exact) mass is 406 g/mol. The zero-order chi connectivity index (χ0) is 21.3. The molecule has 0 fully saturated rings. The lowest BCUT2D eigenvalue weighted by Gasteiger charge is -2.04. The van der Waals surface area contributed by atoms with Gasteiger partial charge < -0.3 is 13.9 Å². The van der Waals surface area contributed by atoms with Gasteiger partial charge in [-0.1, -0.05) is 29.8 Å². The van der Waals surface area contributed by atoms with Crippen molar-refractivity contribution in [2.75, 3.05) is 13.2 Å². The van der Waals surface area contributed by atoms with Crippen molar-refractivity contribution in [1.82, 2.24) is 5.43 Å². The molecule has 1 aromatic heterocycles. The second kappa shape index (κ2) is 10.1. The fourth-order valence-corrected chi connectivity index (χ4v) is 2.55. The first-order valence-corrected chi connectivity index (χ1v) is 9.44. The number of hydrogen-bond donors (Lipinski definition) is 1.